The zero-order valence-corrected chi connectivity index (χ0v) is 22.2. The van der Waals surface area contributed by atoms with Crippen LogP contribution in [0.5, 0.6) is 5.75 Å². The van der Waals surface area contributed by atoms with Gasteiger partial charge in [-0.2, -0.15) is 13.2 Å². The van der Waals surface area contributed by atoms with Crippen molar-refractivity contribution in [2.24, 2.45) is 0 Å². The average Bonchev–Trinajstić information content (AvgIpc) is 3.43. The number of nitrogens with zero attached hydrogens (tertiary/aromatic N) is 3. The van der Waals surface area contributed by atoms with E-state index in [1.165, 1.54) is 18.2 Å². The standard InChI is InChI=1S/C32H26F3N3O3/c1-3-31(16-21-7-6-12-36-17-21)27-14-23(22-8-5-9-24(13-22)41-19-32(33,34)35)10-11-25(27)30(40)26(15-29(31)39)28-18-38(4-2)20-37-28/h3,5-15,17-18,20H,1,4,16,19H2,2H3. The van der Waals surface area contributed by atoms with Gasteiger partial charge in [-0.25, -0.2) is 4.98 Å². The number of Topliss-reactive ketones (excluding diaryl/α,β-unsaturated/α-hetero) is 1. The van der Waals surface area contributed by atoms with E-state index in [-0.39, 0.29) is 29.3 Å². The lowest BCUT2D eigenvalue weighted by molar-refractivity contribution is -0.153. The number of pyridine rings is 1. The second-order valence-corrected chi connectivity index (χ2v) is 9.75. The molecule has 5 rings (SSSR count). The van der Waals surface area contributed by atoms with Crippen LogP contribution in [0.15, 0.2) is 98.2 Å². The molecule has 0 saturated carbocycles. The Morgan fingerprint density at radius 1 is 1.07 bits per heavy atom. The van der Waals surface area contributed by atoms with E-state index in [2.05, 4.69) is 16.5 Å². The molecule has 0 bridgehead atoms. The van der Waals surface area contributed by atoms with Gasteiger partial charge in [0.25, 0.3) is 0 Å². The Morgan fingerprint density at radius 3 is 2.56 bits per heavy atom. The predicted molar refractivity (Wildman–Crippen MR) is 148 cm³/mol. The van der Waals surface area contributed by atoms with Gasteiger partial charge in [-0.05, 0) is 65.9 Å². The second-order valence-electron chi connectivity index (χ2n) is 9.75. The summed E-state index contributed by atoms with van der Waals surface area (Å²) in [5.74, 6) is -0.662. The van der Waals surface area contributed by atoms with Crippen molar-refractivity contribution in [3.63, 3.8) is 0 Å². The molecule has 6 nitrogen and oxygen atoms in total. The molecular weight excluding hydrogens is 531 g/mol. The van der Waals surface area contributed by atoms with Crippen LogP contribution in [0.4, 0.5) is 13.2 Å². The van der Waals surface area contributed by atoms with Gasteiger partial charge >= 0.3 is 6.18 Å². The maximum Gasteiger partial charge on any atom is 0.422 e. The van der Waals surface area contributed by atoms with Gasteiger partial charge in [0.2, 0.25) is 0 Å². The molecule has 0 aliphatic heterocycles. The number of allylic oxidation sites excluding steroid dienone is 3. The molecule has 1 aliphatic rings. The minimum atomic E-state index is -4.48. The van der Waals surface area contributed by atoms with Gasteiger partial charge in [0, 0.05) is 30.7 Å². The first-order valence-corrected chi connectivity index (χ1v) is 12.9. The molecule has 9 heteroatoms. The molecule has 0 amide bonds. The topological polar surface area (TPSA) is 74.1 Å². The predicted octanol–water partition coefficient (Wildman–Crippen LogP) is 6.42. The van der Waals surface area contributed by atoms with Crippen LogP contribution in [0.2, 0.25) is 0 Å². The summed E-state index contributed by atoms with van der Waals surface area (Å²) in [6.07, 6.45) is 5.21. The van der Waals surface area contributed by atoms with Crippen LogP contribution in [0.3, 0.4) is 0 Å². The highest BCUT2D eigenvalue weighted by Crippen LogP contribution is 2.41. The van der Waals surface area contributed by atoms with E-state index in [0.717, 1.165) is 5.56 Å². The van der Waals surface area contributed by atoms with Crippen LogP contribution in [0.25, 0.3) is 16.7 Å². The molecule has 2 aromatic carbocycles. The summed E-state index contributed by atoms with van der Waals surface area (Å²) in [5, 5.41) is 0. The SMILES string of the molecule is C=CC1(Cc2cccnc2)C(=O)C=C(c2cn(CC)cn2)C(=O)c2ccc(-c3cccc(OCC(F)(F)F)c3)cc21. The Bertz CT molecular complexity index is 1660. The molecule has 0 radical (unpaired) electrons. The van der Waals surface area contributed by atoms with E-state index in [1.54, 1.807) is 67.4 Å². The van der Waals surface area contributed by atoms with Crippen molar-refractivity contribution in [1.82, 2.24) is 14.5 Å². The third kappa shape index (κ3) is 5.61. The van der Waals surface area contributed by atoms with Crippen molar-refractivity contribution < 1.29 is 27.5 Å². The third-order valence-electron chi connectivity index (χ3n) is 7.10. The van der Waals surface area contributed by atoms with Crippen LogP contribution < -0.4 is 4.74 Å². The van der Waals surface area contributed by atoms with Crippen molar-refractivity contribution in [2.75, 3.05) is 6.61 Å². The van der Waals surface area contributed by atoms with Crippen LogP contribution in [-0.4, -0.2) is 38.9 Å². The number of fused-ring (bicyclic) bond motifs is 1. The van der Waals surface area contributed by atoms with Crippen LogP contribution >= 0.6 is 0 Å². The summed E-state index contributed by atoms with van der Waals surface area (Å²) < 4.78 is 44.9. The fraction of sp³-hybridized carbons (Fsp3) is 0.188. The quantitative estimate of drug-likeness (QED) is 0.234. The van der Waals surface area contributed by atoms with Crippen molar-refractivity contribution in [1.29, 1.82) is 0 Å². The molecule has 0 spiro atoms. The number of alkyl halides is 3. The smallest absolute Gasteiger partial charge is 0.422 e. The van der Waals surface area contributed by atoms with Crippen LogP contribution in [0, 0.1) is 0 Å². The van der Waals surface area contributed by atoms with E-state index in [1.807, 2.05) is 17.6 Å². The van der Waals surface area contributed by atoms with Crippen molar-refractivity contribution in [2.45, 2.75) is 31.5 Å². The number of carbonyl (C=O) groups excluding carboxylic acids is 2. The van der Waals surface area contributed by atoms with E-state index >= 15 is 0 Å². The molecule has 0 N–H and O–H groups in total. The van der Waals surface area contributed by atoms with E-state index in [0.29, 0.717) is 34.5 Å². The number of aromatic nitrogens is 3. The van der Waals surface area contributed by atoms with Crippen molar-refractivity contribution in [3.8, 4) is 16.9 Å². The number of halogens is 3. The summed E-state index contributed by atoms with van der Waals surface area (Å²) >= 11 is 0. The highest BCUT2D eigenvalue weighted by atomic mass is 19.4. The highest BCUT2D eigenvalue weighted by molar-refractivity contribution is 6.34. The number of hydrogen-bond acceptors (Lipinski definition) is 5. The molecule has 4 aromatic rings. The normalized spacial score (nSPS) is 17.0. The van der Waals surface area contributed by atoms with Gasteiger partial charge in [-0.15, -0.1) is 6.58 Å². The van der Waals surface area contributed by atoms with Gasteiger partial charge in [0.05, 0.1) is 23.0 Å². The summed E-state index contributed by atoms with van der Waals surface area (Å²) in [7, 11) is 0. The summed E-state index contributed by atoms with van der Waals surface area (Å²) in [4.78, 5) is 36.7. The minimum Gasteiger partial charge on any atom is -0.484 e. The molecule has 1 aliphatic carbocycles. The Balaban J connectivity index is 1.67. The Hall–Kier alpha value is -4.79. The summed E-state index contributed by atoms with van der Waals surface area (Å²) in [6, 6.07) is 14.9. The van der Waals surface area contributed by atoms with Gasteiger partial charge in [0.15, 0.2) is 18.2 Å². The number of carbonyl (C=O) groups is 2. The second kappa shape index (κ2) is 11.0. The molecule has 2 heterocycles. The van der Waals surface area contributed by atoms with E-state index in [4.69, 9.17) is 4.74 Å². The maximum atomic E-state index is 14.1. The number of rotatable bonds is 8. The molecule has 0 fully saturated rings. The zero-order chi connectivity index (χ0) is 29.2. The Kier molecular flexibility index (Phi) is 7.45. The summed E-state index contributed by atoms with van der Waals surface area (Å²) in [6.45, 7) is 5.19. The fourth-order valence-corrected chi connectivity index (χ4v) is 4.98. The maximum absolute atomic E-state index is 14.1. The number of ketones is 2. The molecule has 1 unspecified atom stereocenters. The fourth-order valence-electron chi connectivity index (χ4n) is 4.98. The molecule has 208 valence electrons. The molecule has 1 atom stereocenters. The number of hydrogen-bond donors (Lipinski definition) is 0. The van der Waals surface area contributed by atoms with Gasteiger partial charge < -0.3 is 9.30 Å². The number of imidazole rings is 1. The van der Waals surface area contributed by atoms with Crippen LogP contribution in [0.1, 0.15) is 34.1 Å². The van der Waals surface area contributed by atoms with Crippen molar-refractivity contribution in [3.05, 3.63) is 121 Å². The minimum absolute atomic E-state index is 0.0442. The number of aryl methyl sites for hydroxylation is 1. The monoisotopic (exact) mass is 557 g/mol. The lowest BCUT2D eigenvalue weighted by Gasteiger charge is -2.30. The lowest BCUT2D eigenvalue weighted by atomic mass is 9.71. The lowest BCUT2D eigenvalue weighted by Crippen LogP contribution is -2.35. The molecule has 0 saturated heterocycles. The Morgan fingerprint density at radius 2 is 1.88 bits per heavy atom. The largest absolute Gasteiger partial charge is 0.484 e. The molecule has 41 heavy (non-hydrogen) atoms. The molecular formula is C32H26F3N3O3. The first-order valence-electron chi connectivity index (χ1n) is 12.9. The van der Waals surface area contributed by atoms with Gasteiger partial charge in [-0.3, -0.25) is 14.6 Å². The molecule has 2 aromatic heterocycles. The first-order chi connectivity index (χ1) is 19.6. The van der Waals surface area contributed by atoms with E-state index < -0.39 is 18.2 Å². The van der Waals surface area contributed by atoms with E-state index in [9.17, 15) is 22.8 Å². The zero-order valence-electron chi connectivity index (χ0n) is 22.2. The number of benzene rings is 2. The Labute approximate surface area is 234 Å². The van der Waals surface area contributed by atoms with Crippen LogP contribution in [-0.2, 0) is 23.2 Å². The van der Waals surface area contributed by atoms with Crippen molar-refractivity contribution >= 4 is 17.1 Å². The summed E-state index contributed by atoms with van der Waals surface area (Å²) in [5.41, 5.74) is 1.90. The third-order valence-corrected chi connectivity index (χ3v) is 7.10. The number of ether oxygens (including phenoxy) is 1. The highest BCUT2D eigenvalue weighted by Gasteiger charge is 2.42. The van der Waals surface area contributed by atoms with Gasteiger partial charge in [-0.1, -0.05) is 36.4 Å². The van der Waals surface area contributed by atoms with Gasteiger partial charge in [0.1, 0.15) is 5.75 Å². The first kappa shape index (κ1) is 27.8. The average molecular weight is 558 g/mol.